The molecule has 0 aromatic rings. The Balaban J connectivity index is 0. The molecule has 0 aromatic heterocycles. The molecule has 0 saturated carbocycles. The molecule has 28 heavy (non-hydrogen) atoms. The average molecular weight is 400 g/mol. The maximum absolute atomic E-state index is 11.7. The minimum Gasteiger partial charge on any atom is -0.466 e. The summed E-state index contributed by atoms with van der Waals surface area (Å²) < 4.78 is 5.35. The van der Waals surface area contributed by atoms with Gasteiger partial charge in [-0.1, -0.05) is 129 Å². The van der Waals surface area contributed by atoms with Gasteiger partial charge in [-0.15, -0.1) is 0 Å². The zero-order valence-electron chi connectivity index (χ0n) is 19.6. The normalized spacial score (nSPS) is 10.6. The van der Waals surface area contributed by atoms with Crippen LogP contribution < -0.4 is 6.15 Å². The number of unbranched alkanes of at least 4 members (excludes halogenated alkanes) is 18. The van der Waals surface area contributed by atoms with Gasteiger partial charge < -0.3 is 10.9 Å². The van der Waals surface area contributed by atoms with Crippen molar-refractivity contribution in [2.45, 2.75) is 149 Å². The van der Waals surface area contributed by atoms with Crippen LogP contribution in [0.1, 0.15) is 149 Å². The predicted molar refractivity (Wildman–Crippen MR) is 124 cm³/mol. The van der Waals surface area contributed by atoms with Gasteiger partial charge >= 0.3 is 5.97 Å². The summed E-state index contributed by atoms with van der Waals surface area (Å²) in [6.07, 6.45) is 27.0. The highest BCUT2D eigenvalue weighted by molar-refractivity contribution is 5.69. The van der Waals surface area contributed by atoms with Crippen LogP contribution in [0.4, 0.5) is 0 Å². The molecule has 0 aromatic carbocycles. The number of rotatable bonds is 22. The van der Waals surface area contributed by atoms with Crippen molar-refractivity contribution < 1.29 is 9.53 Å². The van der Waals surface area contributed by atoms with Crippen LogP contribution in [0.5, 0.6) is 0 Å². The van der Waals surface area contributed by atoms with E-state index in [4.69, 9.17) is 4.74 Å². The maximum atomic E-state index is 11.7. The van der Waals surface area contributed by atoms with Crippen LogP contribution >= 0.6 is 0 Å². The van der Waals surface area contributed by atoms with Crippen molar-refractivity contribution in [3.8, 4) is 0 Å². The number of hydrogen-bond donors (Lipinski definition) is 1. The lowest BCUT2D eigenvalue weighted by atomic mass is 10.0. The molecule has 0 atom stereocenters. The summed E-state index contributed by atoms with van der Waals surface area (Å²) in [7, 11) is 0. The second-order valence-corrected chi connectivity index (χ2v) is 8.33. The number of esters is 1. The van der Waals surface area contributed by atoms with E-state index in [-0.39, 0.29) is 12.1 Å². The van der Waals surface area contributed by atoms with Gasteiger partial charge in [0, 0.05) is 6.42 Å². The van der Waals surface area contributed by atoms with Gasteiger partial charge in [0.2, 0.25) is 0 Å². The molecule has 3 N–H and O–H groups in total. The molecule has 0 fully saturated rings. The Labute approximate surface area is 177 Å². The van der Waals surface area contributed by atoms with Crippen LogP contribution in [0.15, 0.2) is 0 Å². The van der Waals surface area contributed by atoms with Crippen LogP contribution in [0.25, 0.3) is 0 Å². The Bertz CT molecular complexity index is 294. The third-order valence-corrected chi connectivity index (χ3v) is 5.50. The maximum Gasteiger partial charge on any atom is 0.305 e. The highest BCUT2D eigenvalue weighted by Crippen LogP contribution is 2.13. The Kier molecular flexibility index (Phi) is 28.0. The highest BCUT2D eigenvalue weighted by atomic mass is 16.5. The molecule has 0 unspecified atom stereocenters. The van der Waals surface area contributed by atoms with Crippen LogP contribution in [0.3, 0.4) is 0 Å². The van der Waals surface area contributed by atoms with Gasteiger partial charge in [0.25, 0.3) is 0 Å². The molecule has 3 nitrogen and oxygen atoms in total. The molecular formula is C25H53NO2. The van der Waals surface area contributed by atoms with E-state index in [1.165, 1.54) is 116 Å². The molecule has 0 aliphatic heterocycles. The van der Waals surface area contributed by atoms with Crippen molar-refractivity contribution in [2.24, 2.45) is 0 Å². The molecule has 0 spiro atoms. The largest absolute Gasteiger partial charge is 0.466 e. The Morgan fingerprint density at radius 2 is 0.821 bits per heavy atom. The van der Waals surface area contributed by atoms with Crippen LogP contribution in [-0.2, 0) is 9.53 Å². The molecule has 0 aliphatic rings. The number of carbonyl (C=O) groups is 1. The molecule has 0 amide bonds. The Hall–Kier alpha value is -0.570. The molecule has 0 rings (SSSR count). The van der Waals surface area contributed by atoms with Gasteiger partial charge in [-0.25, -0.2) is 0 Å². The first-order chi connectivity index (χ1) is 13.3. The lowest BCUT2D eigenvalue weighted by Gasteiger charge is -2.05. The zero-order valence-corrected chi connectivity index (χ0v) is 19.6. The standard InChI is InChI=1S/C25H50O2.H3N/c1-3-5-7-9-11-12-13-14-15-16-18-20-22-24-27-25(26)23-21-19-17-10-8-6-4-2;/h3-24H2,1-2H3;1H3. The van der Waals surface area contributed by atoms with E-state index < -0.39 is 0 Å². The number of hydrogen-bond acceptors (Lipinski definition) is 3. The molecule has 0 heterocycles. The molecule has 170 valence electrons. The topological polar surface area (TPSA) is 61.3 Å². The molecule has 0 aliphatic carbocycles. The second-order valence-electron chi connectivity index (χ2n) is 8.33. The molecule has 0 bridgehead atoms. The van der Waals surface area contributed by atoms with E-state index in [2.05, 4.69) is 13.8 Å². The van der Waals surface area contributed by atoms with E-state index in [0.717, 1.165) is 12.8 Å². The van der Waals surface area contributed by atoms with Crippen LogP contribution in [0.2, 0.25) is 0 Å². The highest BCUT2D eigenvalue weighted by Gasteiger charge is 2.02. The molecule has 0 radical (unpaired) electrons. The Morgan fingerprint density at radius 1 is 0.500 bits per heavy atom. The van der Waals surface area contributed by atoms with Gasteiger partial charge in [0.15, 0.2) is 0 Å². The van der Waals surface area contributed by atoms with E-state index in [1.54, 1.807) is 0 Å². The fourth-order valence-corrected chi connectivity index (χ4v) is 3.60. The van der Waals surface area contributed by atoms with Gasteiger partial charge in [0.1, 0.15) is 0 Å². The first-order valence-electron chi connectivity index (χ1n) is 12.5. The van der Waals surface area contributed by atoms with Crippen molar-refractivity contribution in [2.75, 3.05) is 6.61 Å². The predicted octanol–water partition coefficient (Wildman–Crippen LogP) is 8.92. The molecular weight excluding hydrogens is 346 g/mol. The number of carbonyl (C=O) groups excluding carboxylic acids is 1. The summed E-state index contributed by atoms with van der Waals surface area (Å²) in [6, 6.07) is 0. The first-order valence-corrected chi connectivity index (χ1v) is 12.5. The van der Waals surface area contributed by atoms with Gasteiger partial charge in [-0.2, -0.15) is 0 Å². The summed E-state index contributed by atoms with van der Waals surface area (Å²) in [6.45, 7) is 5.15. The fraction of sp³-hybridized carbons (Fsp3) is 0.960. The summed E-state index contributed by atoms with van der Waals surface area (Å²) in [5.41, 5.74) is 0. The molecule has 3 heteroatoms. The summed E-state index contributed by atoms with van der Waals surface area (Å²) in [4.78, 5) is 11.7. The van der Waals surface area contributed by atoms with Crippen molar-refractivity contribution in [1.29, 1.82) is 0 Å². The van der Waals surface area contributed by atoms with Gasteiger partial charge in [-0.3, -0.25) is 4.79 Å². The molecule has 0 saturated heterocycles. The average Bonchev–Trinajstić information content (AvgIpc) is 2.67. The van der Waals surface area contributed by atoms with Gasteiger partial charge in [-0.05, 0) is 12.8 Å². The monoisotopic (exact) mass is 399 g/mol. The van der Waals surface area contributed by atoms with Crippen LogP contribution in [-0.4, -0.2) is 12.6 Å². The lowest BCUT2D eigenvalue weighted by Crippen LogP contribution is -2.05. The lowest BCUT2D eigenvalue weighted by molar-refractivity contribution is -0.143. The number of ether oxygens (including phenoxy) is 1. The van der Waals surface area contributed by atoms with E-state index in [9.17, 15) is 4.79 Å². The van der Waals surface area contributed by atoms with Crippen molar-refractivity contribution in [3.63, 3.8) is 0 Å². The SMILES string of the molecule is CCCCCCCCCCCCCCCOC(=O)CCCCCCCCC.N. The van der Waals surface area contributed by atoms with Crippen LogP contribution in [0, 0.1) is 0 Å². The van der Waals surface area contributed by atoms with Crippen molar-refractivity contribution in [3.05, 3.63) is 0 Å². The minimum atomic E-state index is 0. The summed E-state index contributed by atoms with van der Waals surface area (Å²) in [5.74, 6) is 0.0162. The van der Waals surface area contributed by atoms with E-state index >= 15 is 0 Å². The van der Waals surface area contributed by atoms with Crippen molar-refractivity contribution in [1.82, 2.24) is 6.15 Å². The van der Waals surface area contributed by atoms with Gasteiger partial charge in [0.05, 0.1) is 6.61 Å². The summed E-state index contributed by atoms with van der Waals surface area (Å²) in [5, 5.41) is 0. The quantitative estimate of drug-likeness (QED) is 0.146. The third kappa shape index (κ3) is 25.4. The first kappa shape index (κ1) is 29.6. The zero-order chi connectivity index (χ0) is 19.8. The fourth-order valence-electron chi connectivity index (χ4n) is 3.60. The smallest absolute Gasteiger partial charge is 0.305 e. The van der Waals surface area contributed by atoms with E-state index in [0.29, 0.717) is 13.0 Å². The summed E-state index contributed by atoms with van der Waals surface area (Å²) >= 11 is 0. The Morgan fingerprint density at radius 3 is 1.21 bits per heavy atom. The van der Waals surface area contributed by atoms with Crippen molar-refractivity contribution >= 4 is 5.97 Å². The second kappa shape index (κ2) is 26.4. The minimum absolute atomic E-state index is 0. The third-order valence-electron chi connectivity index (χ3n) is 5.50. The van der Waals surface area contributed by atoms with E-state index in [1.807, 2.05) is 0 Å².